The molecule has 23 heavy (non-hydrogen) atoms. The maximum atomic E-state index is 5.72. The molecule has 4 heteroatoms. The van der Waals surface area contributed by atoms with Crippen LogP contribution in [-0.2, 0) is 0 Å². The van der Waals surface area contributed by atoms with Crippen molar-refractivity contribution in [1.82, 2.24) is 0 Å². The highest BCUT2D eigenvalue weighted by Crippen LogP contribution is 2.37. The quantitative estimate of drug-likeness (QED) is 0.370. The molecule has 0 saturated carbocycles. The van der Waals surface area contributed by atoms with Crippen molar-refractivity contribution in [1.29, 1.82) is 0 Å². The predicted octanol–water partition coefficient (Wildman–Crippen LogP) is 6.58. The summed E-state index contributed by atoms with van der Waals surface area (Å²) in [5.41, 5.74) is 1.52. The molecular weight excluding hydrogens is 352 g/mol. The Morgan fingerprint density at radius 1 is 0.957 bits per heavy atom. The monoisotopic (exact) mass is 366 g/mol. The lowest BCUT2D eigenvalue weighted by molar-refractivity contribution is 0.365. The summed E-state index contributed by atoms with van der Waals surface area (Å²) in [4.78, 5) is 0. The Hall–Kier alpha value is -2.46. The molecule has 0 aromatic heterocycles. The fraction of sp³-hybridized carbons (Fsp3) is 0.0526. The number of azo groups is 1. The molecule has 0 atom stereocenters. The van der Waals surface area contributed by atoms with Crippen LogP contribution in [0.2, 0.25) is 0 Å². The lowest BCUT2D eigenvalue weighted by Crippen LogP contribution is -1.93. The minimum absolute atomic E-state index is 0.430. The van der Waals surface area contributed by atoms with Crippen molar-refractivity contribution in [2.24, 2.45) is 10.2 Å². The Morgan fingerprint density at radius 2 is 1.74 bits per heavy atom. The van der Waals surface area contributed by atoms with Crippen molar-refractivity contribution in [3.63, 3.8) is 0 Å². The van der Waals surface area contributed by atoms with Crippen molar-refractivity contribution in [2.45, 2.75) is 0 Å². The molecule has 0 aliphatic rings. The van der Waals surface area contributed by atoms with Crippen molar-refractivity contribution >= 4 is 38.1 Å². The highest BCUT2D eigenvalue weighted by Gasteiger charge is 2.08. The summed E-state index contributed by atoms with van der Waals surface area (Å²) < 4.78 is 6.73. The molecule has 0 saturated heterocycles. The second-order valence-electron chi connectivity index (χ2n) is 4.91. The van der Waals surface area contributed by atoms with E-state index in [0.29, 0.717) is 12.4 Å². The molecule has 3 aromatic rings. The van der Waals surface area contributed by atoms with Crippen LogP contribution in [0, 0.1) is 0 Å². The van der Waals surface area contributed by atoms with Gasteiger partial charge in [0.05, 0.1) is 5.69 Å². The Morgan fingerprint density at radius 3 is 2.52 bits per heavy atom. The number of halogens is 1. The van der Waals surface area contributed by atoms with E-state index in [1.165, 1.54) is 0 Å². The van der Waals surface area contributed by atoms with Crippen LogP contribution in [0.1, 0.15) is 0 Å². The minimum atomic E-state index is 0.430. The smallest absolute Gasteiger partial charge is 0.147 e. The number of fused-ring (bicyclic) bond motifs is 1. The Labute approximate surface area is 143 Å². The molecule has 0 unspecified atom stereocenters. The second-order valence-corrected chi connectivity index (χ2v) is 5.83. The Balaban J connectivity index is 2.05. The average molecular weight is 367 g/mol. The molecule has 0 radical (unpaired) electrons. The molecule has 0 spiro atoms. The van der Waals surface area contributed by atoms with Crippen LogP contribution >= 0.6 is 15.9 Å². The van der Waals surface area contributed by atoms with E-state index in [0.717, 1.165) is 26.6 Å². The van der Waals surface area contributed by atoms with Gasteiger partial charge in [-0.2, -0.15) is 5.11 Å². The zero-order valence-corrected chi connectivity index (χ0v) is 14.0. The molecule has 0 N–H and O–H groups in total. The highest BCUT2D eigenvalue weighted by atomic mass is 79.9. The van der Waals surface area contributed by atoms with Crippen LogP contribution in [0.3, 0.4) is 0 Å². The lowest BCUT2D eigenvalue weighted by Gasteiger charge is -2.09. The van der Waals surface area contributed by atoms with E-state index in [4.69, 9.17) is 4.74 Å². The predicted molar refractivity (Wildman–Crippen MR) is 98.0 cm³/mol. The summed E-state index contributed by atoms with van der Waals surface area (Å²) in [6, 6.07) is 19.7. The SMILES string of the molecule is C=CCOc1ccc2ccccc2c1N=Nc1ccc(Br)cc1. The second kappa shape index (κ2) is 7.20. The summed E-state index contributed by atoms with van der Waals surface area (Å²) in [7, 11) is 0. The van der Waals surface area contributed by atoms with Gasteiger partial charge in [0.15, 0.2) is 0 Å². The summed E-state index contributed by atoms with van der Waals surface area (Å²) in [6.45, 7) is 4.12. The van der Waals surface area contributed by atoms with Crippen molar-refractivity contribution in [3.05, 3.63) is 77.8 Å². The lowest BCUT2D eigenvalue weighted by atomic mass is 10.1. The first-order chi connectivity index (χ1) is 11.3. The number of ether oxygens (including phenoxy) is 1. The first-order valence-corrected chi connectivity index (χ1v) is 8.00. The van der Waals surface area contributed by atoms with Crippen molar-refractivity contribution < 1.29 is 4.74 Å². The highest BCUT2D eigenvalue weighted by molar-refractivity contribution is 9.10. The van der Waals surface area contributed by atoms with E-state index in [-0.39, 0.29) is 0 Å². The van der Waals surface area contributed by atoms with Gasteiger partial charge in [-0.1, -0.05) is 58.9 Å². The Bertz CT molecular complexity index is 857. The fourth-order valence-corrected chi connectivity index (χ4v) is 2.48. The molecule has 114 valence electrons. The van der Waals surface area contributed by atoms with E-state index in [1.807, 2.05) is 60.7 Å². The Kier molecular flexibility index (Phi) is 4.83. The summed E-state index contributed by atoms with van der Waals surface area (Å²) in [6.07, 6.45) is 1.71. The van der Waals surface area contributed by atoms with Gasteiger partial charge in [0.1, 0.15) is 18.0 Å². The van der Waals surface area contributed by atoms with Crippen molar-refractivity contribution in [3.8, 4) is 5.75 Å². The average Bonchev–Trinajstić information content (AvgIpc) is 2.59. The van der Waals surface area contributed by atoms with Gasteiger partial charge in [-0.25, -0.2) is 0 Å². The van der Waals surface area contributed by atoms with E-state index in [2.05, 4.69) is 32.7 Å². The summed E-state index contributed by atoms with van der Waals surface area (Å²) in [5, 5.41) is 10.9. The largest absolute Gasteiger partial charge is 0.487 e. The van der Waals surface area contributed by atoms with E-state index in [1.54, 1.807) is 6.08 Å². The molecule has 0 bridgehead atoms. The van der Waals surface area contributed by atoms with E-state index < -0.39 is 0 Å². The zero-order valence-electron chi connectivity index (χ0n) is 12.4. The van der Waals surface area contributed by atoms with E-state index in [9.17, 15) is 0 Å². The molecule has 0 amide bonds. The van der Waals surface area contributed by atoms with Crippen LogP contribution in [0.5, 0.6) is 5.75 Å². The van der Waals surface area contributed by atoms with Gasteiger partial charge in [-0.15, -0.1) is 5.11 Å². The van der Waals surface area contributed by atoms with Gasteiger partial charge in [0, 0.05) is 9.86 Å². The normalized spacial score (nSPS) is 11.0. The van der Waals surface area contributed by atoms with Gasteiger partial charge >= 0.3 is 0 Å². The van der Waals surface area contributed by atoms with Crippen LogP contribution in [0.25, 0.3) is 10.8 Å². The fourth-order valence-electron chi connectivity index (χ4n) is 2.22. The number of hydrogen-bond donors (Lipinski definition) is 0. The molecule has 0 heterocycles. The molecule has 0 aliphatic heterocycles. The molecule has 0 aliphatic carbocycles. The summed E-state index contributed by atoms with van der Waals surface area (Å²) in [5.74, 6) is 0.699. The first-order valence-electron chi connectivity index (χ1n) is 7.20. The summed E-state index contributed by atoms with van der Waals surface area (Å²) >= 11 is 3.41. The van der Waals surface area contributed by atoms with Crippen LogP contribution in [0.4, 0.5) is 11.4 Å². The molecule has 3 nitrogen and oxygen atoms in total. The van der Waals surface area contributed by atoms with Gasteiger partial charge in [0.25, 0.3) is 0 Å². The number of rotatable bonds is 5. The van der Waals surface area contributed by atoms with Gasteiger partial charge in [-0.05, 0) is 35.7 Å². The third-order valence-electron chi connectivity index (χ3n) is 3.31. The molecule has 0 fully saturated rings. The molecular formula is C19H15BrN2O. The zero-order chi connectivity index (χ0) is 16.1. The first kappa shape index (κ1) is 15.4. The van der Waals surface area contributed by atoms with Crippen LogP contribution in [-0.4, -0.2) is 6.61 Å². The maximum Gasteiger partial charge on any atom is 0.147 e. The molecule has 3 aromatic carbocycles. The third-order valence-corrected chi connectivity index (χ3v) is 3.84. The number of nitrogens with zero attached hydrogens (tertiary/aromatic N) is 2. The van der Waals surface area contributed by atoms with Gasteiger partial charge in [0.2, 0.25) is 0 Å². The van der Waals surface area contributed by atoms with E-state index >= 15 is 0 Å². The maximum absolute atomic E-state index is 5.72. The molecule has 3 rings (SSSR count). The van der Waals surface area contributed by atoms with Gasteiger partial charge in [-0.3, -0.25) is 0 Å². The van der Waals surface area contributed by atoms with Gasteiger partial charge < -0.3 is 4.74 Å². The number of hydrogen-bond acceptors (Lipinski definition) is 3. The van der Waals surface area contributed by atoms with Crippen LogP contribution in [0.15, 0.2) is 88.0 Å². The topological polar surface area (TPSA) is 34.0 Å². The number of benzene rings is 3. The minimum Gasteiger partial charge on any atom is -0.487 e. The van der Waals surface area contributed by atoms with Crippen molar-refractivity contribution in [2.75, 3.05) is 6.61 Å². The standard InChI is InChI=1S/C19H15BrN2O/c1-2-13-23-18-12-7-14-5-3-4-6-17(14)19(18)22-21-16-10-8-15(20)9-11-16/h2-12H,1,13H2. The third kappa shape index (κ3) is 3.66. The van der Waals surface area contributed by atoms with Crippen LogP contribution < -0.4 is 4.74 Å².